The highest BCUT2D eigenvalue weighted by Crippen LogP contribution is 2.41. The van der Waals surface area contributed by atoms with E-state index in [9.17, 15) is 8.42 Å². The van der Waals surface area contributed by atoms with Gasteiger partial charge in [0.1, 0.15) is 5.82 Å². The molecule has 9 heteroatoms. The summed E-state index contributed by atoms with van der Waals surface area (Å²) in [5.41, 5.74) is 14.6. The normalized spacial score (nSPS) is 12.0. The Bertz CT molecular complexity index is 4550. The molecule has 0 amide bonds. The van der Waals surface area contributed by atoms with E-state index >= 15 is 0 Å². The number of rotatable bonds is 14. The fourth-order valence-corrected chi connectivity index (χ4v) is 12.2. The number of para-hydroxylation sites is 5. The second-order valence-corrected chi connectivity index (χ2v) is 21.4. The van der Waals surface area contributed by atoms with Crippen LogP contribution in [0.15, 0.2) is 307 Å². The molecule has 0 aliphatic heterocycles. The smallest absolute Gasteiger partial charge is 0.206 e. The molecule has 13 aromatic rings. The summed E-state index contributed by atoms with van der Waals surface area (Å²) >= 11 is 0. The molecule has 13 rings (SSSR count). The molecule has 0 aliphatic rings. The van der Waals surface area contributed by atoms with Crippen LogP contribution in [0.5, 0.6) is 0 Å². The van der Waals surface area contributed by atoms with Crippen molar-refractivity contribution >= 4 is 81.9 Å². The van der Waals surface area contributed by atoms with Gasteiger partial charge in [0.25, 0.3) is 0 Å². The number of nitrogens with zero attached hydrogens (tertiary/aromatic N) is 6. The van der Waals surface area contributed by atoms with Gasteiger partial charge in [-0.25, -0.2) is 13.4 Å². The molecule has 0 spiro atoms. The van der Waals surface area contributed by atoms with E-state index < -0.39 is 9.84 Å². The molecule has 0 unspecified atom stereocenters. The van der Waals surface area contributed by atoms with E-state index in [1.54, 1.807) is 24.3 Å². The van der Waals surface area contributed by atoms with Crippen LogP contribution in [0.1, 0.15) is 6.92 Å². The van der Waals surface area contributed by atoms with Crippen molar-refractivity contribution in [3.05, 3.63) is 298 Å². The third-order valence-electron chi connectivity index (χ3n) is 14.7. The Morgan fingerprint density at radius 2 is 0.963 bits per heavy atom. The zero-order valence-corrected chi connectivity index (χ0v) is 44.6. The maximum absolute atomic E-state index is 14.1. The minimum atomic E-state index is -3.83. The third-order valence-corrected chi connectivity index (χ3v) is 16.5. The van der Waals surface area contributed by atoms with Gasteiger partial charge in [-0.1, -0.05) is 134 Å². The van der Waals surface area contributed by atoms with Crippen LogP contribution in [0.25, 0.3) is 77.5 Å². The topological polar surface area (TPSA) is 76.3 Å². The number of hydrogen-bond donors (Lipinski definition) is 0. The van der Waals surface area contributed by atoms with Gasteiger partial charge in [-0.15, -0.1) is 0 Å². The second kappa shape index (κ2) is 20.9. The van der Waals surface area contributed by atoms with Crippen LogP contribution in [0.3, 0.4) is 0 Å². The summed E-state index contributed by atoms with van der Waals surface area (Å²) in [5.74, 6) is 0.772. The molecule has 0 bridgehead atoms. The highest BCUT2D eigenvalue weighted by molar-refractivity contribution is 7.91. The Kier molecular flexibility index (Phi) is 12.9. The average molecular weight is 1050 g/mol. The van der Waals surface area contributed by atoms with Crippen molar-refractivity contribution in [2.45, 2.75) is 16.7 Å². The lowest BCUT2D eigenvalue weighted by Gasteiger charge is -2.26. The first-order valence-corrected chi connectivity index (χ1v) is 28.0. The maximum atomic E-state index is 14.1. The van der Waals surface area contributed by atoms with Gasteiger partial charge in [0.05, 0.1) is 49.4 Å². The zero-order chi connectivity index (χ0) is 54.2. The van der Waals surface area contributed by atoms with Gasteiger partial charge in [0.15, 0.2) is 0 Å². The minimum absolute atomic E-state index is 0.205. The van der Waals surface area contributed by atoms with E-state index in [4.69, 9.17) is 9.97 Å². The van der Waals surface area contributed by atoms with Gasteiger partial charge in [-0.2, -0.15) is 0 Å². The predicted molar refractivity (Wildman–Crippen MR) is 330 cm³/mol. The van der Waals surface area contributed by atoms with Gasteiger partial charge < -0.3 is 14.4 Å². The number of sulfone groups is 1. The molecule has 0 radical (unpaired) electrons. The van der Waals surface area contributed by atoms with Gasteiger partial charge in [0.2, 0.25) is 9.84 Å². The number of allylic oxidation sites excluding steroid dienone is 4. The molecule has 0 saturated heterocycles. The number of benzene rings is 9. The van der Waals surface area contributed by atoms with Crippen LogP contribution >= 0.6 is 0 Å². The molecule has 384 valence electrons. The molecular formula is C71H52N6O2S. The lowest BCUT2D eigenvalue weighted by Crippen LogP contribution is -2.14. The summed E-state index contributed by atoms with van der Waals surface area (Å²) in [6, 6.07) is 83.3. The van der Waals surface area contributed by atoms with Crippen molar-refractivity contribution in [2.24, 2.45) is 0 Å². The largest absolute Gasteiger partial charge is 0.311 e. The Balaban J connectivity index is 0.739. The van der Waals surface area contributed by atoms with Crippen molar-refractivity contribution in [1.29, 1.82) is 0 Å². The van der Waals surface area contributed by atoms with E-state index in [1.165, 1.54) is 0 Å². The Labute approximate surface area is 465 Å². The van der Waals surface area contributed by atoms with Crippen molar-refractivity contribution in [1.82, 2.24) is 19.1 Å². The zero-order valence-electron chi connectivity index (χ0n) is 43.8. The monoisotopic (exact) mass is 1050 g/mol. The summed E-state index contributed by atoms with van der Waals surface area (Å²) in [6.45, 7) is 6.16. The average Bonchev–Trinajstić information content (AvgIpc) is 4.10. The maximum Gasteiger partial charge on any atom is 0.206 e. The number of hydrogen-bond acceptors (Lipinski definition) is 6. The van der Waals surface area contributed by atoms with Crippen molar-refractivity contribution in [2.75, 3.05) is 9.80 Å². The highest BCUT2D eigenvalue weighted by Gasteiger charge is 2.22. The molecule has 0 fully saturated rings. The standard InChI is InChI=1S/C71H52N6O2S/c1-3-5-19-53(4-2)74(54-20-9-6-10-21-54)57-37-44-70-65(46-57)63-27-16-18-29-68(63)77(70)71-45-34-52(48-73-71)50-30-38-60(39-31-50)80(78,79)61-40-32-51(33-41-61)66-42-35-59(49-72-66)76-67-28-17-15-26-62(67)64-47-58(36-43-69(64)76)75(55-22-11-7-12-23-55)56-24-13-8-14-25-56/h3-49H,2H2,1H3/b5-3-,53-19+. The number of aromatic nitrogens is 4. The van der Waals surface area contributed by atoms with Crippen molar-refractivity contribution in [3.8, 4) is 33.9 Å². The molecule has 0 atom stereocenters. The lowest BCUT2D eigenvalue weighted by atomic mass is 10.1. The molecule has 0 aliphatic carbocycles. The number of pyridine rings is 2. The van der Waals surface area contributed by atoms with Crippen LogP contribution in [-0.4, -0.2) is 27.5 Å². The first kappa shape index (κ1) is 49.2. The highest BCUT2D eigenvalue weighted by atomic mass is 32.2. The molecule has 4 aromatic heterocycles. The summed E-state index contributed by atoms with van der Waals surface area (Å²) < 4.78 is 32.6. The van der Waals surface area contributed by atoms with Gasteiger partial charge in [-0.05, 0) is 158 Å². The summed E-state index contributed by atoms with van der Waals surface area (Å²) in [7, 11) is -3.83. The van der Waals surface area contributed by atoms with Crippen LogP contribution in [0, 0.1) is 0 Å². The van der Waals surface area contributed by atoms with Crippen LogP contribution in [-0.2, 0) is 9.84 Å². The van der Waals surface area contributed by atoms with E-state index in [-0.39, 0.29) is 9.79 Å². The van der Waals surface area contributed by atoms with E-state index in [0.717, 1.165) is 112 Å². The molecule has 80 heavy (non-hydrogen) atoms. The van der Waals surface area contributed by atoms with Crippen LogP contribution in [0.4, 0.5) is 28.4 Å². The van der Waals surface area contributed by atoms with Crippen LogP contribution in [0.2, 0.25) is 0 Å². The first-order valence-electron chi connectivity index (χ1n) is 26.5. The minimum Gasteiger partial charge on any atom is -0.311 e. The fourth-order valence-electron chi connectivity index (χ4n) is 10.9. The van der Waals surface area contributed by atoms with E-state index in [2.05, 4.69) is 177 Å². The SMILES string of the molecule is C=C/C(=C\C=C/C)N(c1ccccc1)c1ccc2c(c1)c1ccccc1n2-c1ccc(-c2ccc(S(=O)(=O)c3ccc(-c4ccc(-n5c6ccccc6c6cc(N(c7ccccc7)c7ccccc7)ccc65)cn4)cc3)cc2)cn1. The summed E-state index contributed by atoms with van der Waals surface area (Å²) in [4.78, 5) is 14.8. The van der Waals surface area contributed by atoms with Crippen molar-refractivity contribution in [3.63, 3.8) is 0 Å². The molecular weight excluding hydrogens is 1000 g/mol. The molecule has 9 aromatic carbocycles. The summed E-state index contributed by atoms with van der Waals surface area (Å²) in [6.07, 6.45) is 11.7. The molecule has 8 nitrogen and oxygen atoms in total. The summed E-state index contributed by atoms with van der Waals surface area (Å²) in [5, 5.41) is 4.48. The van der Waals surface area contributed by atoms with Crippen molar-refractivity contribution < 1.29 is 8.42 Å². The molecule has 0 N–H and O–H groups in total. The third kappa shape index (κ3) is 8.91. The molecule has 4 heterocycles. The first-order chi connectivity index (χ1) is 39.4. The Hall–Kier alpha value is -10.4. The van der Waals surface area contributed by atoms with Crippen LogP contribution < -0.4 is 9.80 Å². The van der Waals surface area contributed by atoms with Gasteiger partial charge >= 0.3 is 0 Å². The van der Waals surface area contributed by atoms with E-state index in [0.29, 0.717) is 0 Å². The lowest BCUT2D eigenvalue weighted by molar-refractivity contribution is 0.596. The van der Waals surface area contributed by atoms with E-state index in [1.807, 2.05) is 116 Å². The van der Waals surface area contributed by atoms with Gasteiger partial charge in [0, 0.05) is 73.0 Å². The second-order valence-electron chi connectivity index (χ2n) is 19.5. The number of fused-ring (bicyclic) bond motifs is 6. The quantitative estimate of drug-likeness (QED) is 0.101. The van der Waals surface area contributed by atoms with Gasteiger partial charge in [-0.3, -0.25) is 9.55 Å². The fraction of sp³-hybridized carbons (Fsp3) is 0.0141. The molecule has 0 saturated carbocycles. The number of anilines is 5. The predicted octanol–water partition coefficient (Wildman–Crippen LogP) is 18.1. The Morgan fingerprint density at radius 3 is 1.52 bits per heavy atom. The Morgan fingerprint density at radius 1 is 0.450 bits per heavy atom.